The number of aliphatic carboxylic acids is 4. The number of carbonyl (C=O) groups is 4. The van der Waals surface area contributed by atoms with Crippen LogP contribution in [0.15, 0.2) is 0 Å². The number of hydrogen-bond acceptors (Lipinski definition) is 8. The molecule has 0 bridgehead atoms. The summed E-state index contributed by atoms with van der Waals surface area (Å²) in [7, 11) is 0. The normalized spacial score (nSPS) is 4.76. The molecule has 0 aromatic carbocycles. The third-order valence-corrected chi connectivity index (χ3v) is 0. The van der Waals surface area contributed by atoms with E-state index in [1.54, 1.807) is 0 Å². The summed E-state index contributed by atoms with van der Waals surface area (Å²) in [6.45, 7) is 3.89. The van der Waals surface area contributed by atoms with E-state index >= 15 is 0 Å². The van der Waals surface area contributed by atoms with Gasteiger partial charge in [0.2, 0.25) is 0 Å². The van der Waals surface area contributed by atoms with E-state index in [1.165, 1.54) is 0 Å². The quantitative estimate of drug-likeness (QED) is 0.381. The van der Waals surface area contributed by atoms with E-state index in [0.29, 0.717) is 0 Å². The minimum absolute atomic E-state index is 0. The fraction of sp³-hybridized carbons (Fsp3) is 0.500. The molecule has 0 heterocycles. The van der Waals surface area contributed by atoms with Crippen LogP contribution in [-0.4, -0.2) is 56.7 Å². The molecule has 128 valence electrons. The summed E-state index contributed by atoms with van der Waals surface area (Å²) in [5, 5.41) is 35.6. The van der Waals surface area contributed by atoms with E-state index in [9.17, 15) is 0 Å². The van der Waals surface area contributed by atoms with Crippen LogP contribution in [0.4, 0.5) is 0 Å². The Morgan fingerprint density at radius 2 is 0.476 bits per heavy atom. The molecule has 0 aliphatic carbocycles. The number of carboxylic acids is 4. The molecule has 0 saturated carbocycles. The molecule has 21 heavy (non-hydrogen) atoms. The van der Waals surface area contributed by atoms with Crippen LogP contribution >= 0.6 is 0 Å². The maximum atomic E-state index is 8.89. The van der Waals surface area contributed by atoms with Crippen molar-refractivity contribution in [3.05, 3.63) is 0 Å². The summed E-state index contributed by atoms with van der Waals surface area (Å²) in [4.78, 5) is 35.6. The predicted octanol–water partition coefficient (Wildman–Crippen LogP) is -8.65. The van der Waals surface area contributed by atoms with Crippen molar-refractivity contribution >= 4 is 34.8 Å². The van der Waals surface area contributed by atoms with Crippen LogP contribution < -0.4 is 20.4 Å². The van der Waals surface area contributed by atoms with Crippen molar-refractivity contribution in [1.82, 2.24) is 0 Å². The molecule has 0 amide bonds. The van der Waals surface area contributed by atoms with E-state index in [0.717, 1.165) is 27.7 Å². The summed E-state index contributed by atoms with van der Waals surface area (Å²) >= 11 is 0. The van der Waals surface area contributed by atoms with Crippen molar-refractivity contribution in [3.8, 4) is 0 Å². The number of hydrogen-bond donors (Lipinski definition) is 0. The molecule has 13 heteroatoms. The summed E-state index contributed by atoms with van der Waals surface area (Å²) in [6.07, 6.45) is 0. The van der Waals surface area contributed by atoms with E-state index in [4.69, 9.17) is 39.6 Å². The van der Waals surface area contributed by atoms with E-state index in [-0.39, 0.29) is 32.9 Å². The molecule has 12 nitrogen and oxygen atoms in total. The van der Waals surface area contributed by atoms with E-state index < -0.39 is 23.9 Å². The van der Waals surface area contributed by atoms with Crippen molar-refractivity contribution in [3.63, 3.8) is 0 Å². The Morgan fingerprint density at radius 3 is 0.476 bits per heavy atom. The summed E-state index contributed by atoms with van der Waals surface area (Å²) in [6, 6.07) is 0. The van der Waals surface area contributed by atoms with Crippen molar-refractivity contribution in [1.29, 1.82) is 0 Å². The van der Waals surface area contributed by atoms with E-state index in [2.05, 4.69) is 0 Å². The molecule has 0 aliphatic rings. The second-order valence-corrected chi connectivity index (χ2v) is 1.97. The molecule has 0 aromatic heterocycles. The number of carboxylic acid groups (broad SMARTS) is 4. The van der Waals surface area contributed by atoms with Crippen LogP contribution in [-0.2, 0) is 19.2 Å². The van der Waals surface area contributed by atoms with Gasteiger partial charge in [0.25, 0.3) is 0 Å². The van der Waals surface area contributed by atoms with Gasteiger partial charge in [-0.15, -0.1) is 0 Å². The van der Waals surface area contributed by atoms with Crippen LogP contribution in [0.3, 0.4) is 0 Å². The van der Waals surface area contributed by atoms with Crippen LogP contribution in [0.5, 0.6) is 0 Å². The van der Waals surface area contributed by atoms with Gasteiger partial charge in [0.1, 0.15) is 0 Å². The van der Waals surface area contributed by atoms with Crippen LogP contribution in [0.2, 0.25) is 0 Å². The molecular weight excluding hydrogens is 316 g/mol. The van der Waals surface area contributed by atoms with Gasteiger partial charge in [-0.25, -0.2) is 0 Å². The third-order valence-electron chi connectivity index (χ3n) is 0. The Balaban J connectivity index is -0.0000000121. The van der Waals surface area contributed by atoms with Crippen LogP contribution in [0.25, 0.3) is 0 Å². The van der Waals surface area contributed by atoms with Gasteiger partial charge >= 0.3 is 11.0 Å². The Bertz CT molecular complexity index is 165. The second-order valence-electron chi connectivity index (χ2n) is 1.97. The van der Waals surface area contributed by atoms with Gasteiger partial charge in [-0.2, -0.15) is 0 Å². The van der Waals surface area contributed by atoms with Crippen LogP contribution in [0.1, 0.15) is 27.7 Å². The Labute approximate surface area is 125 Å². The van der Waals surface area contributed by atoms with Crippen molar-refractivity contribution in [2.75, 3.05) is 0 Å². The first-order valence-corrected chi connectivity index (χ1v) is 3.63. The zero-order valence-electron chi connectivity index (χ0n) is 11.8. The number of rotatable bonds is 0. The molecule has 0 rings (SSSR count). The Morgan fingerprint density at radius 1 is 0.476 bits per heavy atom. The fourth-order valence-corrected chi connectivity index (χ4v) is 0. The van der Waals surface area contributed by atoms with Gasteiger partial charge in [0.15, 0.2) is 0 Å². The van der Waals surface area contributed by atoms with Gasteiger partial charge in [-0.3, -0.25) is 0 Å². The van der Waals surface area contributed by atoms with Gasteiger partial charge in [0, 0.05) is 23.9 Å². The van der Waals surface area contributed by atoms with Gasteiger partial charge in [-0.05, 0) is 27.7 Å². The standard InChI is InChI=1S/4C2H4O2.4H2O.Si/c4*1-2(3)4;;;;;/h4*1H3,(H,3,4);4*1H2;/q;;;;;;;;+4/p-4. The molecule has 0 saturated heterocycles. The first-order valence-electron chi connectivity index (χ1n) is 3.63. The predicted molar refractivity (Wildman–Crippen MR) is 62.9 cm³/mol. The average Bonchev–Trinajstić information content (AvgIpc) is 1.76. The number of carbonyl (C=O) groups excluding carboxylic acids is 4. The molecule has 0 spiro atoms. The smallest absolute Gasteiger partial charge is 0.550 e. The Hall–Kier alpha value is -2.06. The topological polar surface area (TPSA) is 287 Å². The van der Waals surface area contributed by atoms with Gasteiger partial charge in [0.05, 0.1) is 0 Å². The second kappa shape index (κ2) is 52.1. The first-order chi connectivity index (χ1) is 6.93. The molecule has 0 fully saturated rings. The minimum atomic E-state index is -1.08. The SMILES string of the molecule is CC(=O)[O-].CC(=O)[O-].CC(=O)[O-].CC(=O)[O-].O.O.O.O.[Si+4]. The van der Waals surface area contributed by atoms with Crippen molar-refractivity contribution in [2.24, 2.45) is 0 Å². The molecule has 0 unspecified atom stereocenters. The maximum Gasteiger partial charge on any atom is 4.00 e. The van der Waals surface area contributed by atoms with Gasteiger partial charge < -0.3 is 61.5 Å². The molecule has 8 N–H and O–H groups in total. The fourth-order valence-electron chi connectivity index (χ4n) is 0. The third kappa shape index (κ3) is 1070. The van der Waals surface area contributed by atoms with Crippen molar-refractivity contribution in [2.45, 2.75) is 27.7 Å². The summed E-state index contributed by atoms with van der Waals surface area (Å²) < 4.78 is 0. The molecule has 0 radical (unpaired) electrons. The molecule has 0 aliphatic heterocycles. The van der Waals surface area contributed by atoms with Crippen molar-refractivity contribution < 1.29 is 61.5 Å². The van der Waals surface area contributed by atoms with Crippen LogP contribution in [0, 0.1) is 0 Å². The molecular formula is C8H20O12Si. The maximum absolute atomic E-state index is 8.89. The van der Waals surface area contributed by atoms with Gasteiger partial charge in [-0.1, -0.05) is 0 Å². The molecule has 0 atom stereocenters. The monoisotopic (exact) mass is 336 g/mol. The largest absolute Gasteiger partial charge is 4.00 e. The minimum Gasteiger partial charge on any atom is -0.550 e. The Kier molecular flexibility index (Phi) is 153. The van der Waals surface area contributed by atoms with E-state index in [1.807, 2.05) is 0 Å². The average molecular weight is 336 g/mol. The summed E-state index contributed by atoms with van der Waals surface area (Å²) in [5.74, 6) is -4.33. The zero-order valence-corrected chi connectivity index (χ0v) is 12.8. The summed E-state index contributed by atoms with van der Waals surface area (Å²) in [5.41, 5.74) is 0. The zero-order chi connectivity index (χ0) is 14.3. The first kappa shape index (κ1) is 61.7. The molecule has 0 aromatic rings.